The molecular formula is C20H24N2O2. The molecule has 0 aliphatic carbocycles. The summed E-state index contributed by atoms with van der Waals surface area (Å²) in [6.45, 7) is 4.06. The van der Waals surface area contributed by atoms with Gasteiger partial charge in [0.25, 0.3) is 0 Å². The van der Waals surface area contributed by atoms with Crippen LogP contribution in [0.2, 0.25) is 0 Å². The molecule has 1 atom stereocenters. The summed E-state index contributed by atoms with van der Waals surface area (Å²) in [5, 5.41) is 2.95. The Kier molecular flexibility index (Phi) is 6.55. The molecule has 0 radical (unpaired) electrons. The summed E-state index contributed by atoms with van der Waals surface area (Å²) >= 11 is 0. The largest absolute Gasteiger partial charge is 0.348 e. The molecule has 2 aromatic rings. The molecule has 1 N–H and O–H groups in total. The fourth-order valence-corrected chi connectivity index (χ4v) is 2.54. The molecule has 0 saturated heterocycles. The Hall–Kier alpha value is -2.62. The van der Waals surface area contributed by atoms with Crippen molar-refractivity contribution in [3.8, 4) is 0 Å². The van der Waals surface area contributed by atoms with Crippen LogP contribution < -0.4 is 5.32 Å². The van der Waals surface area contributed by atoms with Gasteiger partial charge in [0.1, 0.15) is 0 Å². The summed E-state index contributed by atoms with van der Waals surface area (Å²) in [6.07, 6.45) is 0.738. The molecule has 0 saturated carbocycles. The zero-order valence-electron chi connectivity index (χ0n) is 14.2. The van der Waals surface area contributed by atoms with Gasteiger partial charge in [-0.2, -0.15) is 0 Å². The summed E-state index contributed by atoms with van der Waals surface area (Å²) < 4.78 is 0. The Labute approximate surface area is 143 Å². The van der Waals surface area contributed by atoms with Gasteiger partial charge in [0.15, 0.2) is 0 Å². The van der Waals surface area contributed by atoms with Crippen molar-refractivity contribution in [3.63, 3.8) is 0 Å². The topological polar surface area (TPSA) is 49.4 Å². The number of hydrogen-bond acceptors (Lipinski definition) is 2. The second kappa shape index (κ2) is 8.87. The van der Waals surface area contributed by atoms with Crippen molar-refractivity contribution in [2.45, 2.75) is 26.3 Å². The van der Waals surface area contributed by atoms with Crippen molar-refractivity contribution in [1.82, 2.24) is 10.2 Å². The molecule has 126 valence electrons. The predicted octanol–water partition coefficient (Wildman–Crippen LogP) is 2.96. The molecule has 4 heteroatoms. The van der Waals surface area contributed by atoms with Crippen LogP contribution in [0.15, 0.2) is 60.7 Å². The number of benzene rings is 2. The first-order valence-corrected chi connectivity index (χ1v) is 8.20. The van der Waals surface area contributed by atoms with E-state index in [0.717, 1.165) is 17.5 Å². The molecule has 2 rings (SSSR count). The van der Waals surface area contributed by atoms with Crippen molar-refractivity contribution in [3.05, 3.63) is 71.8 Å². The molecule has 1 unspecified atom stereocenters. The highest BCUT2D eigenvalue weighted by Crippen LogP contribution is 2.11. The van der Waals surface area contributed by atoms with Gasteiger partial charge >= 0.3 is 0 Å². The Morgan fingerprint density at radius 1 is 1.00 bits per heavy atom. The Balaban J connectivity index is 1.87. The fourth-order valence-electron chi connectivity index (χ4n) is 2.54. The predicted molar refractivity (Wildman–Crippen MR) is 95.4 cm³/mol. The van der Waals surface area contributed by atoms with Gasteiger partial charge in [-0.1, -0.05) is 60.7 Å². The highest BCUT2D eigenvalue weighted by atomic mass is 16.2. The SMILES string of the molecule is CC(=O)N(CCc1ccccc1)CC(=O)NC(C)c1ccccc1. The molecule has 2 amide bonds. The van der Waals surface area contributed by atoms with Crippen molar-refractivity contribution < 1.29 is 9.59 Å². The van der Waals surface area contributed by atoms with Gasteiger partial charge in [-0.05, 0) is 24.5 Å². The van der Waals surface area contributed by atoms with E-state index in [1.165, 1.54) is 6.92 Å². The van der Waals surface area contributed by atoms with Gasteiger partial charge in [-0.25, -0.2) is 0 Å². The Morgan fingerprint density at radius 3 is 2.17 bits per heavy atom. The van der Waals surface area contributed by atoms with Crippen LogP contribution in [-0.4, -0.2) is 29.8 Å². The van der Waals surface area contributed by atoms with Crippen molar-refractivity contribution in [2.75, 3.05) is 13.1 Å². The van der Waals surface area contributed by atoms with Crippen LogP contribution in [0.5, 0.6) is 0 Å². The van der Waals surface area contributed by atoms with Crippen LogP contribution in [0.4, 0.5) is 0 Å². The summed E-state index contributed by atoms with van der Waals surface area (Å²) in [4.78, 5) is 25.6. The maximum atomic E-state index is 12.2. The highest BCUT2D eigenvalue weighted by molar-refractivity contribution is 5.84. The van der Waals surface area contributed by atoms with Crippen LogP contribution in [0.3, 0.4) is 0 Å². The van der Waals surface area contributed by atoms with Crippen LogP contribution >= 0.6 is 0 Å². The zero-order valence-corrected chi connectivity index (χ0v) is 14.2. The third-order valence-corrected chi connectivity index (χ3v) is 3.97. The van der Waals surface area contributed by atoms with Crippen LogP contribution in [0.1, 0.15) is 31.0 Å². The Bertz CT molecular complexity index is 656. The molecular weight excluding hydrogens is 300 g/mol. The fraction of sp³-hybridized carbons (Fsp3) is 0.300. The smallest absolute Gasteiger partial charge is 0.240 e. The average Bonchev–Trinajstić information content (AvgIpc) is 2.60. The summed E-state index contributed by atoms with van der Waals surface area (Å²) in [6, 6.07) is 19.7. The molecule has 0 bridgehead atoms. The standard InChI is InChI=1S/C20H24N2O2/c1-16(19-11-7-4-8-12-19)21-20(24)15-22(17(2)23)14-13-18-9-5-3-6-10-18/h3-12,16H,13-15H2,1-2H3,(H,21,24). The van der Waals surface area contributed by atoms with Crippen molar-refractivity contribution in [2.24, 2.45) is 0 Å². The highest BCUT2D eigenvalue weighted by Gasteiger charge is 2.15. The third kappa shape index (κ3) is 5.54. The number of nitrogens with zero attached hydrogens (tertiary/aromatic N) is 1. The Morgan fingerprint density at radius 2 is 1.58 bits per heavy atom. The van der Waals surface area contributed by atoms with Gasteiger partial charge in [0, 0.05) is 13.5 Å². The lowest BCUT2D eigenvalue weighted by Gasteiger charge is -2.22. The third-order valence-electron chi connectivity index (χ3n) is 3.97. The maximum absolute atomic E-state index is 12.2. The van der Waals surface area contributed by atoms with Gasteiger partial charge in [-0.3, -0.25) is 9.59 Å². The summed E-state index contributed by atoms with van der Waals surface area (Å²) in [7, 11) is 0. The lowest BCUT2D eigenvalue weighted by molar-refractivity contribution is -0.134. The van der Waals surface area contributed by atoms with E-state index < -0.39 is 0 Å². The monoisotopic (exact) mass is 324 g/mol. The molecule has 0 fully saturated rings. The minimum absolute atomic E-state index is 0.0818. The first kappa shape index (κ1) is 17.7. The molecule has 0 aliphatic rings. The molecule has 0 aliphatic heterocycles. The minimum atomic E-state index is -0.144. The summed E-state index contributed by atoms with van der Waals surface area (Å²) in [5.74, 6) is -0.233. The number of hydrogen-bond donors (Lipinski definition) is 1. The van der Waals surface area contributed by atoms with Crippen molar-refractivity contribution in [1.29, 1.82) is 0 Å². The average molecular weight is 324 g/mol. The van der Waals surface area contributed by atoms with E-state index in [9.17, 15) is 9.59 Å². The van der Waals surface area contributed by atoms with Crippen LogP contribution in [0.25, 0.3) is 0 Å². The number of rotatable bonds is 7. The first-order chi connectivity index (χ1) is 11.6. The number of carbonyl (C=O) groups excluding carboxylic acids is 2. The van der Waals surface area contributed by atoms with Crippen LogP contribution in [0, 0.1) is 0 Å². The number of amides is 2. The maximum Gasteiger partial charge on any atom is 0.240 e. The first-order valence-electron chi connectivity index (χ1n) is 8.20. The number of nitrogens with one attached hydrogen (secondary N) is 1. The van der Waals surface area contributed by atoms with E-state index in [0.29, 0.717) is 6.54 Å². The molecule has 2 aromatic carbocycles. The van der Waals surface area contributed by atoms with Crippen LogP contribution in [-0.2, 0) is 16.0 Å². The minimum Gasteiger partial charge on any atom is -0.348 e. The molecule has 0 spiro atoms. The van der Waals surface area contributed by atoms with E-state index in [4.69, 9.17) is 0 Å². The van der Waals surface area contributed by atoms with E-state index >= 15 is 0 Å². The zero-order chi connectivity index (χ0) is 17.4. The van der Waals surface area contributed by atoms with Gasteiger partial charge in [0.05, 0.1) is 12.6 Å². The normalized spacial score (nSPS) is 11.6. The van der Waals surface area contributed by atoms with Crippen molar-refractivity contribution >= 4 is 11.8 Å². The molecule has 0 aromatic heterocycles. The van der Waals surface area contributed by atoms with Gasteiger partial charge < -0.3 is 10.2 Å². The second-order valence-corrected chi connectivity index (χ2v) is 5.88. The summed E-state index contributed by atoms with van der Waals surface area (Å²) in [5.41, 5.74) is 2.20. The second-order valence-electron chi connectivity index (χ2n) is 5.88. The quantitative estimate of drug-likeness (QED) is 0.851. The van der Waals surface area contributed by atoms with E-state index in [1.807, 2.05) is 67.6 Å². The van der Waals surface area contributed by atoms with E-state index in [-0.39, 0.29) is 24.4 Å². The lowest BCUT2D eigenvalue weighted by atomic mass is 10.1. The molecule has 4 nitrogen and oxygen atoms in total. The number of carbonyl (C=O) groups is 2. The van der Waals surface area contributed by atoms with E-state index in [1.54, 1.807) is 4.90 Å². The molecule has 0 heterocycles. The molecule has 24 heavy (non-hydrogen) atoms. The van der Waals surface area contributed by atoms with Gasteiger partial charge in [0.2, 0.25) is 11.8 Å². The lowest BCUT2D eigenvalue weighted by Crippen LogP contribution is -2.41. The van der Waals surface area contributed by atoms with E-state index in [2.05, 4.69) is 5.32 Å². The van der Waals surface area contributed by atoms with Gasteiger partial charge in [-0.15, -0.1) is 0 Å².